The number of carbonyl (C=O) groups is 2. The molecule has 5 aromatic rings. The first-order valence-electron chi connectivity index (χ1n) is 15.7. The van der Waals surface area contributed by atoms with E-state index in [0.29, 0.717) is 32.7 Å². The van der Waals surface area contributed by atoms with Crippen LogP contribution in [0.2, 0.25) is 5.02 Å². The average Bonchev–Trinajstić information content (AvgIpc) is 3.41. The molecule has 0 saturated carbocycles. The second-order valence-corrected chi connectivity index (χ2v) is 12.6. The number of para-hydroxylation sites is 1. The minimum absolute atomic E-state index is 0.0125. The smallest absolute Gasteiger partial charge is 0.335 e. The van der Waals surface area contributed by atoms with Crippen LogP contribution in [0.15, 0.2) is 54.6 Å². The van der Waals surface area contributed by atoms with Gasteiger partial charge in [-0.2, -0.15) is 5.10 Å². The Morgan fingerprint density at radius 3 is 2.39 bits per heavy atom. The quantitative estimate of drug-likeness (QED) is 0.167. The highest BCUT2D eigenvalue weighted by atomic mass is 35.5. The standard InChI is InChI=1S/C37H39ClN4O4/c1-22-19-28(20-23(2)33(22)38)46-18-7-11-30-29-9-6-10-31(32-24(3)39-40(5)25(32)4)34(29)42-17-8-16-41(36(43)35(30)42)21-26-12-14-27(15-13-26)37(44)45/h6,9-10,12-15,19-20H,7-8,11,16-18,21H2,1-5H3,(H,44,45). The number of benzene rings is 3. The van der Waals surface area contributed by atoms with E-state index in [1.807, 2.05) is 49.5 Å². The molecule has 1 aliphatic heterocycles. The fourth-order valence-electron chi connectivity index (χ4n) is 6.79. The second-order valence-electron chi connectivity index (χ2n) is 12.3. The lowest BCUT2D eigenvalue weighted by Gasteiger charge is -2.21. The Morgan fingerprint density at radius 2 is 1.74 bits per heavy atom. The van der Waals surface area contributed by atoms with Crippen molar-refractivity contribution in [1.82, 2.24) is 19.2 Å². The molecule has 3 heterocycles. The van der Waals surface area contributed by atoms with Crippen LogP contribution in [0.4, 0.5) is 0 Å². The summed E-state index contributed by atoms with van der Waals surface area (Å²) in [5.74, 6) is -0.186. The molecule has 9 heteroatoms. The van der Waals surface area contributed by atoms with Crippen LogP contribution >= 0.6 is 11.6 Å². The average molecular weight is 639 g/mol. The van der Waals surface area contributed by atoms with Gasteiger partial charge in [-0.3, -0.25) is 9.48 Å². The van der Waals surface area contributed by atoms with Gasteiger partial charge in [-0.25, -0.2) is 4.79 Å². The van der Waals surface area contributed by atoms with E-state index in [1.54, 1.807) is 24.3 Å². The summed E-state index contributed by atoms with van der Waals surface area (Å²) in [4.78, 5) is 27.8. The van der Waals surface area contributed by atoms with Gasteiger partial charge in [-0.05, 0) is 93.5 Å². The van der Waals surface area contributed by atoms with Gasteiger partial charge >= 0.3 is 5.97 Å². The molecule has 1 aliphatic rings. The number of halogens is 1. The lowest BCUT2D eigenvalue weighted by molar-refractivity contribution is 0.0694. The number of amides is 1. The van der Waals surface area contributed by atoms with E-state index in [-0.39, 0.29) is 11.5 Å². The molecule has 0 spiro atoms. The highest BCUT2D eigenvalue weighted by molar-refractivity contribution is 6.32. The van der Waals surface area contributed by atoms with E-state index in [0.717, 1.165) is 85.0 Å². The normalized spacial score (nSPS) is 13.3. The molecule has 0 fully saturated rings. The Bertz CT molecular complexity index is 1950. The summed E-state index contributed by atoms with van der Waals surface area (Å²) in [6, 6.07) is 17.1. The number of aromatic carboxylic acids is 1. The maximum atomic E-state index is 14.5. The predicted octanol–water partition coefficient (Wildman–Crippen LogP) is 7.68. The Kier molecular flexibility index (Phi) is 8.66. The highest BCUT2D eigenvalue weighted by Gasteiger charge is 2.31. The fraction of sp³-hybridized carbons (Fsp3) is 0.324. The summed E-state index contributed by atoms with van der Waals surface area (Å²) in [5.41, 5.74) is 10.1. The van der Waals surface area contributed by atoms with Gasteiger partial charge in [0.25, 0.3) is 5.91 Å². The molecule has 1 amide bonds. The number of hydrogen-bond donors (Lipinski definition) is 1. The molecule has 0 atom stereocenters. The first kappa shape index (κ1) is 31.4. The summed E-state index contributed by atoms with van der Waals surface area (Å²) in [7, 11) is 1.96. The molecule has 0 aliphatic carbocycles. The molecule has 0 radical (unpaired) electrons. The van der Waals surface area contributed by atoms with Crippen LogP contribution in [0.1, 0.15) is 67.3 Å². The predicted molar refractivity (Wildman–Crippen MR) is 181 cm³/mol. The zero-order chi connectivity index (χ0) is 32.7. The summed E-state index contributed by atoms with van der Waals surface area (Å²) >= 11 is 6.37. The third kappa shape index (κ3) is 5.78. The summed E-state index contributed by atoms with van der Waals surface area (Å²) < 4.78 is 10.3. The van der Waals surface area contributed by atoms with Gasteiger partial charge in [-0.1, -0.05) is 41.9 Å². The van der Waals surface area contributed by atoms with Crippen molar-refractivity contribution in [3.05, 3.63) is 105 Å². The van der Waals surface area contributed by atoms with E-state index in [1.165, 1.54) is 0 Å². The van der Waals surface area contributed by atoms with Gasteiger partial charge in [-0.15, -0.1) is 0 Å². The van der Waals surface area contributed by atoms with E-state index >= 15 is 0 Å². The Labute approximate surface area is 274 Å². The van der Waals surface area contributed by atoms with E-state index < -0.39 is 5.97 Å². The van der Waals surface area contributed by atoms with Crippen LogP contribution in [0.5, 0.6) is 5.75 Å². The summed E-state index contributed by atoms with van der Waals surface area (Å²) in [6.07, 6.45) is 2.20. The highest BCUT2D eigenvalue weighted by Crippen LogP contribution is 2.39. The van der Waals surface area contributed by atoms with Crippen LogP contribution in [0.3, 0.4) is 0 Å². The number of aryl methyl sites for hydroxylation is 6. The van der Waals surface area contributed by atoms with Gasteiger partial charge in [0.2, 0.25) is 0 Å². The number of carboxylic acid groups (broad SMARTS) is 1. The molecule has 3 aromatic carbocycles. The summed E-state index contributed by atoms with van der Waals surface area (Å²) in [6.45, 7) is 10.3. The minimum Gasteiger partial charge on any atom is -0.494 e. The number of ether oxygens (including phenoxy) is 1. The van der Waals surface area contributed by atoms with E-state index in [2.05, 4.69) is 29.7 Å². The molecular weight excluding hydrogens is 600 g/mol. The molecule has 2 aromatic heterocycles. The fourth-order valence-corrected chi connectivity index (χ4v) is 6.90. The topological polar surface area (TPSA) is 89.6 Å². The molecule has 8 nitrogen and oxygen atoms in total. The van der Waals surface area contributed by atoms with Crippen LogP contribution in [0.25, 0.3) is 22.0 Å². The van der Waals surface area contributed by atoms with Crippen molar-refractivity contribution < 1.29 is 19.4 Å². The first-order chi connectivity index (χ1) is 22.0. The number of nitrogens with zero attached hydrogens (tertiary/aromatic N) is 4. The number of rotatable bonds is 9. The minimum atomic E-state index is -0.966. The molecule has 6 rings (SSSR count). The third-order valence-corrected chi connectivity index (χ3v) is 9.69. The van der Waals surface area contributed by atoms with Gasteiger partial charge in [0.05, 0.1) is 23.4 Å². The van der Waals surface area contributed by atoms with Crippen molar-refractivity contribution in [2.24, 2.45) is 7.05 Å². The molecule has 1 N–H and O–H groups in total. The zero-order valence-corrected chi connectivity index (χ0v) is 27.7. The van der Waals surface area contributed by atoms with Crippen molar-refractivity contribution in [1.29, 1.82) is 0 Å². The van der Waals surface area contributed by atoms with Crippen LogP contribution in [0, 0.1) is 27.7 Å². The zero-order valence-electron chi connectivity index (χ0n) is 27.0. The van der Waals surface area contributed by atoms with E-state index in [4.69, 9.17) is 21.4 Å². The summed E-state index contributed by atoms with van der Waals surface area (Å²) in [5, 5.41) is 15.9. The lowest BCUT2D eigenvalue weighted by Crippen LogP contribution is -2.31. The number of fused-ring (bicyclic) bond motifs is 3. The van der Waals surface area contributed by atoms with Gasteiger partial charge in [0.1, 0.15) is 11.4 Å². The van der Waals surface area contributed by atoms with Crippen molar-refractivity contribution >= 4 is 34.4 Å². The first-order valence-corrected chi connectivity index (χ1v) is 16.1. The van der Waals surface area contributed by atoms with Gasteiger partial charge in [0, 0.05) is 53.9 Å². The van der Waals surface area contributed by atoms with Crippen LogP contribution in [-0.2, 0) is 26.6 Å². The van der Waals surface area contributed by atoms with Crippen molar-refractivity contribution in [3.8, 4) is 16.9 Å². The molecular formula is C37H39ClN4O4. The van der Waals surface area contributed by atoms with E-state index in [9.17, 15) is 14.7 Å². The van der Waals surface area contributed by atoms with Gasteiger partial charge < -0.3 is 19.3 Å². The molecule has 0 saturated heterocycles. The van der Waals surface area contributed by atoms with Crippen molar-refractivity contribution in [2.45, 2.75) is 60.0 Å². The molecule has 46 heavy (non-hydrogen) atoms. The number of hydrogen-bond acceptors (Lipinski definition) is 4. The van der Waals surface area contributed by atoms with Crippen LogP contribution in [-0.4, -0.2) is 49.4 Å². The second kappa shape index (κ2) is 12.7. The number of carbonyl (C=O) groups excluding carboxylic acids is 1. The Morgan fingerprint density at radius 1 is 1.02 bits per heavy atom. The number of aromatic nitrogens is 3. The molecule has 0 unspecified atom stereocenters. The lowest BCUT2D eigenvalue weighted by atomic mass is 9.98. The molecule has 0 bridgehead atoms. The number of carboxylic acids is 1. The monoisotopic (exact) mass is 638 g/mol. The van der Waals surface area contributed by atoms with Gasteiger partial charge in [0.15, 0.2) is 0 Å². The SMILES string of the molecule is Cc1cc(OCCCc2c3n(c4c(-c5c(C)nn(C)c5C)cccc24)CCCN(Cc2ccc(C(=O)O)cc2)C3=O)cc(C)c1Cl. The maximum absolute atomic E-state index is 14.5. The third-order valence-electron chi connectivity index (χ3n) is 9.09. The maximum Gasteiger partial charge on any atom is 0.335 e. The van der Waals surface area contributed by atoms with Crippen LogP contribution < -0.4 is 4.74 Å². The Balaban J connectivity index is 1.39. The molecule has 238 valence electrons. The Hall–Kier alpha value is -4.56. The largest absolute Gasteiger partial charge is 0.494 e. The van der Waals surface area contributed by atoms with Crippen molar-refractivity contribution in [2.75, 3.05) is 13.2 Å². The van der Waals surface area contributed by atoms with Crippen molar-refractivity contribution in [3.63, 3.8) is 0 Å².